The van der Waals surface area contributed by atoms with Crippen molar-refractivity contribution in [1.82, 2.24) is 0 Å². The van der Waals surface area contributed by atoms with Gasteiger partial charge in [-0.2, -0.15) is 0 Å². The van der Waals surface area contributed by atoms with E-state index in [-0.39, 0.29) is 47.5 Å². The molecule has 0 bridgehead atoms. The summed E-state index contributed by atoms with van der Waals surface area (Å²) in [7, 11) is 0. The second kappa shape index (κ2) is 9.97. The molecule has 2 aromatic rings. The molecule has 2 N–H and O–H groups in total. The van der Waals surface area contributed by atoms with Crippen molar-refractivity contribution in [3.8, 4) is 0 Å². The molecule has 26 heavy (non-hydrogen) atoms. The third-order valence-corrected chi connectivity index (χ3v) is 3.96. The zero-order valence-corrected chi connectivity index (χ0v) is 17.1. The smallest absolute Gasteiger partial charge is 0.548 e. The fourth-order valence-corrected chi connectivity index (χ4v) is 2.50. The molecule has 1 unspecified atom stereocenters. The van der Waals surface area contributed by atoms with Gasteiger partial charge in [-0.1, -0.05) is 44.2 Å². The average Bonchev–Trinajstić information content (AvgIpc) is 2.56. The number of hydrogen-bond acceptors (Lipinski definition) is 3. The van der Waals surface area contributed by atoms with Gasteiger partial charge in [-0.15, -0.1) is 0 Å². The van der Waals surface area contributed by atoms with Crippen molar-refractivity contribution in [2.24, 2.45) is 5.73 Å². The number of nitrogens with two attached hydrogens (primary N) is 1. The largest absolute Gasteiger partial charge is 1.00 e. The summed E-state index contributed by atoms with van der Waals surface area (Å²) in [4.78, 5) is 10.9. The molecule has 0 saturated heterocycles. The summed E-state index contributed by atoms with van der Waals surface area (Å²) in [6, 6.07) is 9.61. The van der Waals surface area contributed by atoms with E-state index < -0.39 is 23.6 Å². The van der Waals surface area contributed by atoms with Gasteiger partial charge < -0.3 is 15.6 Å². The monoisotopic (exact) mass is 367 g/mol. The molecule has 0 aliphatic carbocycles. The Morgan fingerprint density at radius 3 is 2.46 bits per heavy atom. The fourth-order valence-electron chi connectivity index (χ4n) is 2.50. The number of benzene rings is 2. The minimum absolute atomic E-state index is 0. The summed E-state index contributed by atoms with van der Waals surface area (Å²) >= 11 is 0. The summed E-state index contributed by atoms with van der Waals surface area (Å²) in [5, 5.41) is 10.9. The zero-order chi connectivity index (χ0) is 18.6. The quantitative estimate of drug-likeness (QED) is 0.731. The van der Waals surface area contributed by atoms with Crippen LogP contribution in [-0.2, 0) is 4.79 Å². The minimum atomic E-state index is -1.38. The molecular weight excluding hydrogens is 347 g/mol. The van der Waals surface area contributed by atoms with Gasteiger partial charge in [0, 0.05) is 17.7 Å². The molecule has 3 nitrogen and oxygen atoms in total. The Balaban J connectivity index is 0.00000338. The first-order chi connectivity index (χ1) is 11.8. The van der Waals surface area contributed by atoms with E-state index >= 15 is 0 Å². The molecule has 0 saturated carbocycles. The number of carbonyl (C=O) groups is 1. The molecule has 2 rings (SSSR count). The van der Waals surface area contributed by atoms with Crippen molar-refractivity contribution in [3.05, 3.63) is 76.9 Å². The Morgan fingerprint density at radius 2 is 1.88 bits per heavy atom. The van der Waals surface area contributed by atoms with Crippen LogP contribution in [0.4, 0.5) is 8.78 Å². The van der Waals surface area contributed by atoms with E-state index in [1.54, 1.807) is 12.1 Å². The first-order valence-electron chi connectivity index (χ1n) is 8.02. The van der Waals surface area contributed by atoms with Crippen molar-refractivity contribution in [3.63, 3.8) is 0 Å². The van der Waals surface area contributed by atoms with E-state index in [9.17, 15) is 18.7 Å². The van der Waals surface area contributed by atoms with Gasteiger partial charge in [0.2, 0.25) is 0 Å². The van der Waals surface area contributed by atoms with Crippen LogP contribution in [0.3, 0.4) is 0 Å². The van der Waals surface area contributed by atoms with Crippen LogP contribution in [0.15, 0.2) is 48.5 Å². The van der Waals surface area contributed by atoms with E-state index in [1.165, 1.54) is 6.07 Å². The summed E-state index contributed by atoms with van der Waals surface area (Å²) in [6.45, 7) is 4.07. The Labute approximate surface area is 174 Å². The SMILES string of the molecule is CC(C)c1cccc(/C(=C/CC(N)C(=O)[O-])c2ccc(F)cc2F)c1.[Na+]. The van der Waals surface area contributed by atoms with E-state index in [1.807, 2.05) is 32.0 Å². The Hall–Kier alpha value is -1.53. The molecular formula is C20H20F2NNaO2. The van der Waals surface area contributed by atoms with Gasteiger partial charge in [0.05, 0.1) is 5.97 Å². The first kappa shape index (κ1) is 22.5. The summed E-state index contributed by atoms with van der Waals surface area (Å²) in [5.74, 6) is -2.51. The number of carboxylic acid groups (broad SMARTS) is 1. The van der Waals surface area contributed by atoms with Crippen molar-refractivity contribution in [2.45, 2.75) is 32.2 Å². The average molecular weight is 367 g/mol. The number of halogens is 2. The molecule has 0 amide bonds. The Kier molecular flexibility index (Phi) is 8.63. The second-order valence-corrected chi connectivity index (χ2v) is 6.18. The van der Waals surface area contributed by atoms with Crippen LogP contribution in [0.1, 0.15) is 42.9 Å². The van der Waals surface area contributed by atoms with Crippen molar-refractivity contribution >= 4 is 11.5 Å². The van der Waals surface area contributed by atoms with Crippen LogP contribution in [0, 0.1) is 11.6 Å². The van der Waals surface area contributed by atoms with Gasteiger partial charge in [-0.3, -0.25) is 0 Å². The predicted octanol–water partition coefficient (Wildman–Crippen LogP) is -0.00880. The van der Waals surface area contributed by atoms with Crippen molar-refractivity contribution < 1.29 is 48.2 Å². The third kappa shape index (κ3) is 5.74. The van der Waals surface area contributed by atoms with E-state index in [0.717, 1.165) is 17.7 Å². The number of carbonyl (C=O) groups excluding carboxylic acids is 1. The maximum atomic E-state index is 14.3. The van der Waals surface area contributed by atoms with Gasteiger partial charge in [-0.25, -0.2) is 8.78 Å². The van der Waals surface area contributed by atoms with Crippen molar-refractivity contribution in [2.75, 3.05) is 0 Å². The summed E-state index contributed by atoms with van der Waals surface area (Å²) in [5.41, 5.74) is 7.92. The molecule has 132 valence electrons. The van der Waals surface area contributed by atoms with Crippen LogP contribution in [-0.4, -0.2) is 12.0 Å². The topological polar surface area (TPSA) is 66.2 Å². The third-order valence-electron chi connectivity index (χ3n) is 3.96. The number of aliphatic carboxylic acids is 1. The van der Waals surface area contributed by atoms with E-state index in [4.69, 9.17) is 5.73 Å². The number of hydrogen-bond donors (Lipinski definition) is 1. The molecule has 0 aromatic heterocycles. The number of carboxylic acids is 1. The molecule has 1 atom stereocenters. The molecule has 0 fully saturated rings. The molecule has 0 aliphatic heterocycles. The minimum Gasteiger partial charge on any atom is -0.548 e. The standard InChI is InChI=1S/C20H21F2NO2.Na/c1-12(2)13-4-3-5-14(10-13)16(8-9-19(23)20(24)25)17-7-6-15(21)11-18(17)22;/h3-8,10-12,19H,9,23H2,1-2H3,(H,24,25);/q;+1/p-1/b16-8-;. The van der Waals surface area contributed by atoms with Crippen LogP contribution in [0.2, 0.25) is 0 Å². The maximum absolute atomic E-state index is 14.3. The maximum Gasteiger partial charge on any atom is 1.00 e. The first-order valence-corrected chi connectivity index (χ1v) is 8.02. The van der Waals surface area contributed by atoms with Crippen LogP contribution in [0.5, 0.6) is 0 Å². The fraction of sp³-hybridized carbons (Fsp3) is 0.250. The van der Waals surface area contributed by atoms with Gasteiger partial charge in [0.25, 0.3) is 0 Å². The van der Waals surface area contributed by atoms with Crippen LogP contribution >= 0.6 is 0 Å². The van der Waals surface area contributed by atoms with Crippen LogP contribution in [0.25, 0.3) is 5.57 Å². The van der Waals surface area contributed by atoms with Gasteiger partial charge in [0.1, 0.15) is 11.6 Å². The summed E-state index contributed by atoms with van der Waals surface area (Å²) < 4.78 is 27.5. The Bertz CT molecular complexity index is 806. The second-order valence-electron chi connectivity index (χ2n) is 6.18. The summed E-state index contributed by atoms with van der Waals surface area (Å²) in [6.07, 6.45) is 1.52. The zero-order valence-electron chi connectivity index (χ0n) is 15.1. The molecule has 6 heteroatoms. The molecule has 0 heterocycles. The molecule has 2 aromatic carbocycles. The van der Waals surface area contributed by atoms with Crippen molar-refractivity contribution in [1.29, 1.82) is 0 Å². The molecule has 0 aliphatic rings. The number of rotatable bonds is 6. The van der Waals surface area contributed by atoms with E-state index in [2.05, 4.69) is 0 Å². The van der Waals surface area contributed by atoms with Gasteiger partial charge in [0.15, 0.2) is 0 Å². The normalized spacial score (nSPS) is 12.6. The Morgan fingerprint density at radius 1 is 1.19 bits per heavy atom. The molecule has 0 radical (unpaired) electrons. The van der Waals surface area contributed by atoms with Crippen LogP contribution < -0.4 is 40.4 Å². The van der Waals surface area contributed by atoms with E-state index in [0.29, 0.717) is 11.1 Å². The predicted molar refractivity (Wildman–Crippen MR) is 91.6 cm³/mol. The van der Waals surface area contributed by atoms with Gasteiger partial charge >= 0.3 is 29.6 Å². The van der Waals surface area contributed by atoms with Gasteiger partial charge in [-0.05, 0) is 41.2 Å². The molecule has 0 spiro atoms.